The molecule has 0 saturated heterocycles. The minimum Gasteiger partial charge on any atom is -0.455 e. The van der Waals surface area contributed by atoms with E-state index in [4.69, 9.17) is 19.4 Å². The first kappa shape index (κ1) is 32.2. The molecule has 0 fully saturated rings. The highest BCUT2D eigenvalue weighted by atomic mass is 32.1. The van der Waals surface area contributed by atoms with Gasteiger partial charge in [-0.25, -0.2) is 15.0 Å². The lowest BCUT2D eigenvalue weighted by Gasteiger charge is -2.11. The van der Waals surface area contributed by atoms with Gasteiger partial charge < -0.3 is 4.42 Å². The summed E-state index contributed by atoms with van der Waals surface area (Å²) >= 11 is 1.84. The topological polar surface area (TPSA) is 51.8 Å². The molecule has 0 bridgehead atoms. The molecule has 262 valence electrons. The third-order valence-electron chi connectivity index (χ3n) is 10.6. The number of thiophene rings is 1. The Morgan fingerprint density at radius 1 is 0.357 bits per heavy atom. The standard InChI is InChI=1S/C51H31N3OS/c1-3-13-32(14-4-1)36-17-11-18-37(31-36)51-53-49(34-15-5-2-6-16-34)52-50(54-51)35-27-25-33(26-28-35)38-29-30-40(47-46(38)43-20-7-9-23-44(43)55-47)42-22-12-21-41-39-19-8-10-24-45(39)56-48(41)42/h1-31H. The van der Waals surface area contributed by atoms with Crippen molar-refractivity contribution >= 4 is 53.4 Å². The average Bonchev–Trinajstić information content (AvgIpc) is 3.86. The van der Waals surface area contributed by atoms with Gasteiger partial charge in [0, 0.05) is 58.8 Å². The summed E-state index contributed by atoms with van der Waals surface area (Å²) in [5.74, 6) is 1.89. The van der Waals surface area contributed by atoms with Gasteiger partial charge in [0.05, 0.1) is 0 Å². The van der Waals surface area contributed by atoms with Crippen LogP contribution < -0.4 is 0 Å². The molecule has 0 amide bonds. The zero-order chi connectivity index (χ0) is 37.0. The van der Waals surface area contributed by atoms with Crippen LogP contribution in [-0.4, -0.2) is 15.0 Å². The van der Waals surface area contributed by atoms with E-state index in [2.05, 4.69) is 146 Å². The van der Waals surface area contributed by atoms with Gasteiger partial charge in [0.15, 0.2) is 17.5 Å². The minimum atomic E-state index is 0.621. The number of furan rings is 1. The van der Waals surface area contributed by atoms with Crippen LogP contribution in [0.5, 0.6) is 0 Å². The van der Waals surface area contributed by atoms with E-state index in [1.807, 2.05) is 53.8 Å². The maximum Gasteiger partial charge on any atom is 0.164 e. The summed E-state index contributed by atoms with van der Waals surface area (Å²) < 4.78 is 9.30. The zero-order valence-corrected chi connectivity index (χ0v) is 30.9. The summed E-state index contributed by atoms with van der Waals surface area (Å²) in [6, 6.07) is 65.5. The second kappa shape index (κ2) is 13.3. The second-order valence-corrected chi connectivity index (χ2v) is 15.0. The van der Waals surface area contributed by atoms with Crippen molar-refractivity contribution in [1.29, 1.82) is 0 Å². The largest absolute Gasteiger partial charge is 0.455 e. The minimum absolute atomic E-state index is 0.621. The lowest BCUT2D eigenvalue weighted by Crippen LogP contribution is -2.00. The molecule has 3 aromatic heterocycles. The number of para-hydroxylation sites is 1. The molecular formula is C51H31N3OS. The van der Waals surface area contributed by atoms with Crippen molar-refractivity contribution in [1.82, 2.24) is 15.0 Å². The van der Waals surface area contributed by atoms with Crippen LogP contribution in [0.4, 0.5) is 0 Å². The van der Waals surface area contributed by atoms with E-state index in [1.165, 1.54) is 25.7 Å². The van der Waals surface area contributed by atoms with E-state index >= 15 is 0 Å². The summed E-state index contributed by atoms with van der Waals surface area (Å²) in [6.45, 7) is 0. The molecule has 0 radical (unpaired) electrons. The van der Waals surface area contributed by atoms with Crippen LogP contribution in [0.1, 0.15) is 0 Å². The molecule has 56 heavy (non-hydrogen) atoms. The molecule has 5 heteroatoms. The molecule has 11 aromatic rings. The Bertz CT molecular complexity index is 3240. The molecule has 0 atom stereocenters. The van der Waals surface area contributed by atoms with E-state index < -0.39 is 0 Å². The lowest BCUT2D eigenvalue weighted by molar-refractivity contribution is 0.670. The van der Waals surface area contributed by atoms with Crippen LogP contribution >= 0.6 is 11.3 Å². The van der Waals surface area contributed by atoms with Gasteiger partial charge in [0.1, 0.15) is 11.2 Å². The highest BCUT2D eigenvalue weighted by molar-refractivity contribution is 7.26. The number of nitrogens with zero attached hydrogens (tertiary/aromatic N) is 3. The molecule has 4 nitrogen and oxygen atoms in total. The molecule has 11 rings (SSSR count). The molecule has 0 aliphatic rings. The smallest absolute Gasteiger partial charge is 0.164 e. The van der Waals surface area contributed by atoms with E-state index in [1.54, 1.807) is 0 Å². The lowest BCUT2D eigenvalue weighted by atomic mass is 9.93. The molecule has 0 saturated carbocycles. The van der Waals surface area contributed by atoms with Crippen LogP contribution in [-0.2, 0) is 0 Å². The van der Waals surface area contributed by atoms with Crippen LogP contribution in [0, 0.1) is 0 Å². The predicted molar refractivity (Wildman–Crippen MR) is 233 cm³/mol. The Balaban J connectivity index is 1.04. The zero-order valence-electron chi connectivity index (χ0n) is 30.1. The van der Waals surface area contributed by atoms with E-state index in [0.29, 0.717) is 17.5 Å². The van der Waals surface area contributed by atoms with Gasteiger partial charge in [-0.3, -0.25) is 0 Å². The van der Waals surface area contributed by atoms with Crippen molar-refractivity contribution < 1.29 is 4.42 Å². The molecule has 0 unspecified atom stereocenters. The second-order valence-electron chi connectivity index (χ2n) is 13.9. The number of benzene rings is 8. The molecule has 0 spiro atoms. The SMILES string of the molecule is c1ccc(-c2cccc(-c3nc(-c4ccccc4)nc(-c4ccc(-c5ccc(-c6cccc7c6sc6ccccc67)c6oc7ccccc7c56)cc4)n3)c2)cc1. The number of rotatable bonds is 6. The first-order valence-corrected chi connectivity index (χ1v) is 19.5. The Morgan fingerprint density at radius 3 is 1.70 bits per heavy atom. The Morgan fingerprint density at radius 2 is 0.911 bits per heavy atom. The fourth-order valence-corrected chi connectivity index (χ4v) is 9.09. The monoisotopic (exact) mass is 733 g/mol. The summed E-state index contributed by atoms with van der Waals surface area (Å²) in [4.78, 5) is 15.1. The Kier molecular flexibility index (Phi) is 7.64. The number of hydrogen-bond donors (Lipinski definition) is 0. The summed E-state index contributed by atoms with van der Waals surface area (Å²) in [6.07, 6.45) is 0. The third kappa shape index (κ3) is 5.48. The summed E-state index contributed by atoms with van der Waals surface area (Å²) in [5.41, 5.74) is 11.3. The average molecular weight is 734 g/mol. The van der Waals surface area contributed by atoms with Crippen molar-refractivity contribution in [2.45, 2.75) is 0 Å². The highest BCUT2D eigenvalue weighted by Gasteiger charge is 2.20. The van der Waals surface area contributed by atoms with Crippen LogP contribution in [0.25, 0.3) is 110 Å². The first-order chi connectivity index (χ1) is 27.7. The fraction of sp³-hybridized carbons (Fsp3) is 0. The molecule has 0 N–H and O–H groups in total. The molecule has 0 aliphatic carbocycles. The van der Waals surface area contributed by atoms with E-state index in [-0.39, 0.29) is 0 Å². The van der Waals surface area contributed by atoms with Gasteiger partial charge in [-0.2, -0.15) is 0 Å². The Labute approximate surface area is 327 Å². The summed E-state index contributed by atoms with van der Waals surface area (Å²) in [7, 11) is 0. The maximum atomic E-state index is 6.74. The van der Waals surface area contributed by atoms with Gasteiger partial charge in [-0.1, -0.05) is 164 Å². The van der Waals surface area contributed by atoms with Crippen molar-refractivity contribution in [3.05, 3.63) is 188 Å². The summed E-state index contributed by atoms with van der Waals surface area (Å²) in [5, 5.41) is 4.76. The van der Waals surface area contributed by atoms with Gasteiger partial charge >= 0.3 is 0 Å². The Hall–Kier alpha value is -7.21. The highest BCUT2D eigenvalue weighted by Crippen LogP contribution is 2.46. The fourth-order valence-electron chi connectivity index (χ4n) is 7.86. The normalized spacial score (nSPS) is 11.6. The maximum absolute atomic E-state index is 6.74. The first-order valence-electron chi connectivity index (χ1n) is 18.7. The van der Waals surface area contributed by atoms with Gasteiger partial charge in [-0.05, 0) is 46.5 Å². The van der Waals surface area contributed by atoms with Gasteiger partial charge in [-0.15, -0.1) is 11.3 Å². The van der Waals surface area contributed by atoms with Gasteiger partial charge in [0.25, 0.3) is 0 Å². The van der Waals surface area contributed by atoms with Crippen molar-refractivity contribution in [2.24, 2.45) is 0 Å². The molecular weight excluding hydrogens is 703 g/mol. The van der Waals surface area contributed by atoms with E-state index in [9.17, 15) is 0 Å². The predicted octanol–water partition coefficient (Wildman–Crippen LogP) is 14.1. The van der Waals surface area contributed by atoms with Crippen molar-refractivity contribution in [3.63, 3.8) is 0 Å². The third-order valence-corrected chi connectivity index (χ3v) is 11.8. The van der Waals surface area contributed by atoms with Crippen LogP contribution in [0.3, 0.4) is 0 Å². The van der Waals surface area contributed by atoms with E-state index in [0.717, 1.165) is 66.4 Å². The number of aromatic nitrogens is 3. The van der Waals surface area contributed by atoms with Crippen LogP contribution in [0.15, 0.2) is 192 Å². The molecule has 3 heterocycles. The van der Waals surface area contributed by atoms with Crippen molar-refractivity contribution in [2.75, 3.05) is 0 Å². The number of hydrogen-bond acceptors (Lipinski definition) is 5. The molecule has 0 aliphatic heterocycles. The van der Waals surface area contributed by atoms with Crippen molar-refractivity contribution in [3.8, 4) is 67.5 Å². The molecule has 8 aromatic carbocycles. The van der Waals surface area contributed by atoms with Crippen LogP contribution in [0.2, 0.25) is 0 Å². The van der Waals surface area contributed by atoms with Gasteiger partial charge in [0.2, 0.25) is 0 Å². The quantitative estimate of drug-likeness (QED) is 0.171. The number of fused-ring (bicyclic) bond motifs is 6.